The highest BCUT2D eigenvalue weighted by Gasteiger charge is 2.34. The maximum atomic E-state index is 12.2. The fraction of sp³-hybridized carbons (Fsp3) is 0.571. The largest absolute Gasteiger partial charge is 0.480 e. The molecule has 1 atom stereocenters. The van der Waals surface area contributed by atoms with Crippen molar-refractivity contribution in [1.82, 2.24) is 9.88 Å². The first-order valence-electron chi connectivity index (χ1n) is 6.64. The van der Waals surface area contributed by atoms with Crippen molar-refractivity contribution in [2.24, 2.45) is 0 Å². The van der Waals surface area contributed by atoms with Crippen LogP contribution >= 0.6 is 0 Å². The van der Waals surface area contributed by atoms with Crippen molar-refractivity contribution in [3.63, 3.8) is 0 Å². The van der Waals surface area contributed by atoms with E-state index in [1.54, 1.807) is 30.0 Å². The molecule has 6 heteroatoms. The molecule has 2 N–H and O–H groups in total. The standard InChI is InChI=1S/C14H22N2O4/c1-4-7-14(2,13(18)19)15-12(17)11-6-5-8-16(11)9-10-20-3/h5-6,8H,4,7,9-10H2,1-3H3,(H,15,17)(H,18,19). The van der Waals surface area contributed by atoms with Crippen LogP contribution in [0.3, 0.4) is 0 Å². The summed E-state index contributed by atoms with van der Waals surface area (Å²) < 4.78 is 6.72. The first kappa shape index (κ1) is 16.2. The van der Waals surface area contributed by atoms with Crippen molar-refractivity contribution in [3.8, 4) is 0 Å². The average Bonchev–Trinajstić information content (AvgIpc) is 2.84. The van der Waals surface area contributed by atoms with Gasteiger partial charge in [-0.1, -0.05) is 13.3 Å². The number of methoxy groups -OCH3 is 1. The van der Waals surface area contributed by atoms with E-state index < -0.39 is 11.5 Å². The van der Waals surface area contributed by atoms with Crippen molar-refractivity contribution in [1.29, 1.82) is 0 Å². The van der Waals surface area contributed by atoms with Gasteiger partial charge in [0, 0.05) is 19.9 Å². The molecule has 0 saturated carbocycles. The SMILES string of the molecule is CCCC(C)(NC(=O)c1cccn1CCOC)C(=O)O. The van der Waals surface area contributed by atoms with Crippen LogP contribution in [0.25, 0.3) is 0 Å². The summed E-state index contributed by atoms with van der Waals surface area (Å²) in [5.41, 5.74) is -0.812. The molecule has 0 saturated heterocycles. The molecular formula is C14H22N2O4. The topological polar surface area (TPSA) is 80.6 Å². The second kappa shape index (κ2) is 7.09. The van der Waals surface area contributed by atoms with Crippen molar-refractivity contribution in [3.05, 3.63) is 24.0 Å². The van der Waals surface area contributed by atoms with Gasteiger partial charge in [0.05, 0.1) is 6.61 Å². The second-order valence-electron chi connectivity index (χ2n) is 4.92. The molecule has 0 aliphatic heterocycles. The first-order chi connectivity index (χ1) is 9.44. The summed E-state index contributed by atoms with van der Waals surface area (Å²) in [6.07, 6.45) is 2.83. The second-order valence-corrected chi connectivity index (χ2v) is 4.92. The summed E-state index contributed by atoms with van der Waals surface area (Å²) in [5, 5.41) is 11.9. The van der Waals surface area contributed by atoms with Crippen molar-refractivity contribution in [2.75, 3.05) is 13.7 Å². The Morgan fingerprint density at radius 1 is 1.50 bits per heavy atom. The zero-order chi connectivity index (χ0) is 15.2. The Bertz CT molecular complexity index is 469. The van der Waals surface area contributed by atoms with Crippen LogP contribution in [0, 0.1) is 0 Å². The summed E-state index contributed by atoms with van der Waals surface area (Å²) >= 11 is 0. The van der Waals surface area contributed by atoms with Gasteiger partial charge in [-0.2, -0.15) is 0 Å². The Morgan fingerprint density at radius 3 is 2.75 bits per heavy atom. The molecule has 1 aromatic heterocycles. The number of nitrogens with zero attached hydrogens (tertiary/aromatic N) is 1. The van der Waals surface area contributed by atoms with E-state index in [0.717, 1.165) is 0 Å². The van der Waals surface area contributed by atoms with Crippen molar-refractivity contribution < 1.29 is 19.4 Å². The molecular weight excluding hydrogens is 260 g/mol. The van der Waals surface area contributed by atoms with Gasteiger partial charge in [-0.3, -0.25) is 4.79 Å². The van der Waals surface area contributed by atoms with Crippen LogP contribution in [0.5, 0.6) is 0 Å². The number of nitrogens with one attached hydrogen (secondary N) is 1. The molecule has 112 valence electrons. The zero-order valence-corrected chi connectivity index (χ0v) is 12.2. The highest BCUT2D eigenvalue weighted by Crippen LogP contribution is 2.14. The van der Waals surface area contributed by atoms with E-state index >= 15 is 0 Å². The van der Waals surface area contributed by atoms with Gasteiger partial charge in [-0.15, -0.1) is 0 Å². The van der Waals surface area contributed by atoms with E-state index in [-0.39, 0.29) is 5.91 Å². The van der Waals surface area contributed by atoms with E-state index in [4.69, 9.17) is 4.74 Å². The summed E-state index contributed by atoms with van der Waals surface area (Å²) in [6, 6.07) is 3.42. The third-order valence-corrected chi connectivity index (χ3v) is 3.21. The van der Waals surface area contributed by atoms with Crippen LogP contribution in [0.15, 0.2) is 18.3 Å². The normalized spacial score (nSPS) is 13.8. The van der Waals surface area contributed by atoms with Crippen LogP contribution in [0.1, 0.15) is 37.2 Å². The Balaban J connectivity index is 2.84. The van der Waals surface area contributed by atoms with Crippen molar-refractivity contribution in [2.45, 2.75) is 38.8 Å². The Kier molecular flexibility index (Phi) is 5.76. The highest BCUT2D eigenvalue weighted by atomic mass is 16.5. The van der Waals surface area contributed by atoms with Gasteiger partial charge in [0.1, 0.15) is 11.2 Å². The fourth-order valence-electron chi connectivity index (χ4n) is 2.04. The third kappa shape index (κ3) is 3.84. The van der Waals surface area contributed by atoms with Crippen LogP contribution in [0.2, 0.25) is 0 Å². The summed E-state index contributed by atoms with van der Waals surface area (Å²) in [7, 11) is 1.59. The number of hydrogen-bond donors (Lipinski definition) is 2. The van der Waals surface area contributed by atoms with Crippen LogP contribution < -0.4 is 5.32 Å². The number of carboxylic acids is 1. The number of rotatable bonds is 8. The molecule has 6 nitrogen and oxygen atoms in total. The van der Waals surface area contributed by atoms with Crippen molar-refractivity contribution >= 4 is 11.9 Å². The number of amides is 1. The minimum atomic E-state index is -1.25. The third-order valence-electron chi connectivity index (χ3n) is 3.21. The van der Waals surface area contributed by atoms with Crippen LogP contribution in [-0.2, 0) is 16.1 Å². The predicted octanol–water partition coefficient (Wildman–Crippen LogP) is 1.51. The number of aromatic nitrogens is 1. The quantitative estimate of drug-likeness (QED) is 0.757. The van der Waals surface area contributed by atoms with Crippen LogP contribution in [0.4, 0.5) is 0 Å². The minimum Gasteiger partial charge on any atom is -0.480 e. The number of aliphatic carboxylic acids is 1. The Hall–Kier alpha value is -1.82. The molecule has 1 heterocycles. The number of carbonyl (C=O) groups is 2. The van der Waals surface area contributed by atoms with Gasteiger partial charge in [-0.05, 0) is 25.5 Å². The highest BCUT2D eigenvalue weighted by molar-refractivity contribution is 5.96. The summed E-state index contributed by atoms with van der Waals surface area (Å²) in [5.74, 6) is -1.41. The number of ether oxygens (including phenoxy) is 1. The molecule has 0 aromatic carbocycles. The monoisotopic (exact) mass is 282 g/mol. The van der Waals surface area contributed by atoms with Crippen LogP contribution in [-0.4, -0.2) is 40.8 Å². The minimum absolute atomic E-state index is 0.382. The molecule has 0 radical (unpaired) electrons. The maximum Gasteiger partial charge on any atom is 0.329 e. The van der Waals surface area contributed by atoms with E-state index in [1.807, 2.05) is 6.92 Å². The molecule has 1 unspecified atom stereocenters. The summed E-state index contributed by atoms with van der Waals surface area (Å²) in [6.45, 7) is 4.44. The molecule has 0 bridgehead atoms. The summed E-state index contributed by atoms with van der Waals surface area (Å²) in [4.78, 5) is 23.6. The molecule has 0 fully saturated rings. The molecule has 1 amide bonds. The Labute approximate surface area is 118 Å². The molecule has 1 rings (SSSR count). The maximum absolute atomic E-state index is 12.2. The van der Waals surface area contributed by atoms with Gasteiger partial charge >= 0.3 is 5.97 Å². The van der Waals surface area contributed by atoms with E-state index in [1.165, 1.54) is 6.92 Å². The average molecular weight is 282 g/mol. The van der Waals surface area contributed by atoms with Gasteiger partial charge in [0.25, 0.3) is 5.91 Å². The number of carbonyl (C=O) groups excluding carboxylic acids is 1. The molecule has 0 spiro atoms. The van der Waals surface area contributed by atoms with Gasteiger partial charge < -0.3 is 19.7 Å². The zero-order valence-electron chi connectivity index (χ0n) is 12.2. The Morgan fingerprint density at radius 2 is 2.20 bits per heavy atom. The van der Waals surface area contributed by atoms with Gasteiger partial charge in [-0.25, -0.2) is 4.79 Å². The lowest BCUT2D eigenvalue weighted by Crippen LogP contribution is -2.52. The first-order valence-corrected chi connectivity index (χ1v) is 6.64. The number of carboxylic acid groups (broad SMARTS) is 1. The van der Waals surface area contributed by atoms with E-state index in [0.29, 0.717) is 31.7 Å². The smallest absolute Gasteiger partial charge is 0.329 e. The van der Waals surface area contributed by atoms with E-state index in [2.05, 4.69) is 5.32 Å². The number of hydrogen-bond acceptors (Lipinski definition) is 3. The predicted molar refractivity (Wildman–Crippen MR) is 74.7 cm³/mol. The lowest BCUT2D eigenvalue weighted by Gasteiger charge is -2.26. The lowest BCUT2D eigenvalue weighted by molar-refractivity contribution is -0.144. The fourth-order valence-corrected chi connectivity index (χ4v) is 2.04. The molecule has 0 aliphatic rings. The van der Waals surface area contributed by atoms with Gasteiger partial charge in [0.2, 0.25) is 0 Å². The van der Waals surface area contributed by atoms with Gasteiger partial charge in [0.15, 0.2) is 0 Å². The molecule has 0 aliphatic carbocycles. The molecule has 20 heavy (non-hydrogen) atoms. The molecule has 1 aromatic rings. The van der Waals surface area contributed by atoms with E-state index in [9.17, 15) is 14.7 Å². The lowest BCUT2D eigenvalue weighted by atomic mass is 9.96.